The summed E-state index contributed by atoms with van der Waals surface area (Å²) in [5, 5.41) is 21.6. The summed E-state index contributed by atoms with van der Waals surface area (Å²) >= 11 is 0. The van der Waals surface area contributed by atoms with Crippen molar-refractivity contribution in [1.29, 1.82) is 5.26 Å². The lowest BCUT2D eigenvalue weighted by Gasteiger charge is -2.29. The Morgan fingerprint density at radius 1 is 0.269 bits per heavy atom. The third kappa shape index (κ3) is 6.26. The van der Waals surface area contributed by atoms with E-state index in [1.165, 1.54) is 0 Å². The molecule has 0 unspecified atom stereocenters. The lowest BCUT2D eigenvalue weighted by molar-refractivity contribution is 1.03. The van der Waals surface area contributed by atoms with Gasteiger partial charge in [0.05, 0.1) is 83.8 Å². The maximum atomic E-state index is 12.9. The average molecular weight is 994 g/mol. The van der Waals surface area contributed by atoms with Gasteiger partial charge >= 0.3 is 0 Å². The molecule has 16 rings (SSSR count). The SMILES string of the molecule is N#Cc1c(-n2c3ccccc3c3ccccc32)c(-c2cc(-c3ccccc3)nc(-c3ccccc3)n2)c(-n2c3ccccc3c3ccccc32)c(-n2c3ccccc3c3ccccc32)c1-n1c2ccccc2c2ccccc21. The largest absolute Gasteiger partial charge is 0.307 e. The summed E-state index contributed by atoms with van der Waals surface area (Å²) in [6.45, 7) is 0. The molecule has 362 valence electrons. The minimum atomic E-state index is 0.477. The summed E-state index contributed by atoms with van der Waals surface area (Å²) in [6, 6.07) is 95.0. The standard InChI is InChI=1S/C71H43N7/c72-44-55-67(75-58-35-15-7-27-47(58)48-28-8-16-36-59(48)75)66(57-43-56(45-23-3-1-4-24-45)73-71(74-57)46-25-5-2-6-26-46)69(77-62-39-19-11-31-51(62)52-32-12-20-40-63(52)77)70(78-64-41-21-13-33-53(64)54-34-14-22-42-65(54)78)68(55)76-60-37-17-9-29-49(60)50-30-10-18-38-61(50)76/h1-43H. The Hall–Kier alpha value is -10.8. The maximum absolute atomic E-state index is 12.9. The monoisotopic (exact) mass is 993 g/mol. The molecule has 0 spiro atoms. The fraction of sp³-hybridized carbons (Fsp3) is 0. The van der Waals surface area contributed by atoms with Gasteiger partial charge in [-0.25, -0.2) is 9.97 Å². The van der Waals surface area contributed by atoms with E-state index in [9.17, 15) is 5.26 Å². The van der Waals surface area contributed by atoms with Gasteiger partial charge in [-0.2, -0.15) is 5.26 Å². The molecule has 0 atom stereocenters. The molecular formula is C71H43N7. The predicted molar refractivity (Wildman–Crippen MR) is 320 cm³/mol. The van der Waals surface area contributed by atoms with Crippen LogP contribution in [0.5, 0.6) is 0 Å². The summed E-state index contributed by atoms with van der Waals surface area (Å²) in [5.74, 6) is 0.566. The van der Waals surface area contributed by atoms with Crippen LogP contribution >= 0.6 is 0 Å². The van der Waals surface area contributed by atoms with Gasteiger partial charge in [0.1, 0.15) is 11.6 Å². The van der Waals surface area contributed by atoms with Gasteiger partial charge in [0.2, 0.25) is 0 Å². The molecule has 0 saturated heterocycles. The Bertz CT molecular complexity index is 4890. The molecule has 5 heterocycles. The first-order valence-corrected chi connectivity index (χ1v) is 26.3. The number of fused-ring (bicyclic) bond motifs is 12. The zero-order valence-electron chi connectivity index (χ0n) is 42.0. The van der Waals surface area contributed by atoms with Crippen LogP contribution < -0.4 is 0 Å². The molecule has 0 aliphatic rings. The second-order valence-electron chi connectivity index (χ2n) is 19.9. The summed E-state index contributed by atoms with van der Waals surface area (Å²) in [5.41, 5.74) is 15.5. The van der Waals surface area contributed by atoms with Crippen molar-refractivity contribution in [3.05, 3.63) is 266 Å². The van der Waals surface area contributed by atoms with Crippen LogP contribution in [0.2, 0.25) is 0 Å². The summed E-state index contributed by atoms with van der Waals surface area (Å²) in [4.78, 5) is 11.2. The van der Waals surface area contributed by atoms with E-state index in [0.29, 0.717) is 22.8 Å². The summed E-state index contributed by atoms with van der Waals surface area (Å²) < 4.78 is 9.60. The highest BCUT2D eigenvalue weighted by atomic mass is 15.1. The van der Waals surface area contributed by atoms with Gasteiger partial charge in [0.25, 0.3) is 0 Å². The Labute approximate surface area is 447 Å². The lowest BCUT2D eigenvalue weighted by atomic mass is 9.94. The molecule has 0 aliphatic carbocycles. The molecular weight excluding hydrogens is 951 g/mol. The molecule has 0 amide bonds. The third-order valence-electron chi connectivity index (χ3n) is 15.8. The van der Waals surface area contributed by atoms with Gasteiger partial charge in [-0.05, 0) is 54.6 Å². The molecule has 0 fully saturated rings. The number of benzene rings is 11. The first-order chi connectivity index (χ1) is 38.7. The topological polar surface area (TPSA) is 69.3 Å². The van der Waals surface area contributed by atoms with Crippen molar-refractivity contribution in [2.45, 2.75) is 0 Å². The fourth-order valence-electron chi connectivity index (χ4n) is 12.6. The van der Waals surface area contributed by atoms with Gasteiger partial charge in [-0.1, -0.05) is 206 Å². The Morgan fingerprint density at radius 3 is 0.910 bits per heavy atom. The van der Waals surface area contributed by atoms with E-state index >= 15 is 0 Å². The third-order valence-corrected chi connectivity index (χ3v) is 15.8. The molecule has 7 nitrogen and oxygen atoms in total. The van der Waals surface area contributed by atoms with Crippen molar-refractivity contribution in [3.8, 4) is 62.7 Å². The van der Waals surface area contributed by atoms with Crippen LogP contribution in [-0.2, 0) is 0 Å². The highest BCUT2D eigenvalue weighted by Gasteiger charge is 2.36. The maximum Gasteiger partial charge on any atom is 0.160 e. The van der Waals surface area contributed by atoms with Gasteiger partial charge in [0.15, 0.2) is 5.82 Å². The molecule has 0 N–H and O–H groups in total. The Kier molecular flexibility index (Phi) is 9.56. The molecule has 7 heteroatoms. The number of nitrogens with zero attached hydrogens (tertiary/aromatic N) is 7. The number of para-hydroxylation sites is 8. The summed E-state index contributed by atoms with van der Waals surface area (Å²) in [7, 11) is 0. The highest BCUT2D eigenvalue weighted by molar-refractivity contribution is 6.17. The van der Waals surface area contributed by atoms with Crippen molar-refractivity contribution in [1.82, 2.24) is 28.2 Å². The quantitative estimate of drug-likeness (QED) is 0.160. The normalized spacial score (nSPS) is 11.8. The van der Waals surface area contributed by atoms with E-state index in [1.807, 2.05) is 24.3 Å². The molecule has 0 aliphatic heterocycles. The molecule has 0 radical (unpaired) electrons. The second-order valence-corrected chi connectivity index (χ2v) is 19.9. The van der Waals surface area contributed by atoms with Crippen LogP contribution in [-0.4, -0.2) is 28.2 Å². The second kappa shape index (κ2) is 17.1. The predicted octanol–water partition coefficient (Wildman–Crippen LogP) is 17.7. The van der Waals surface area contributed by atoms with Crippen molar-refractivity contribution < 1.29 is 0 Å². The van der Waals surface area contributed by atoms with Crippen molar-refractivity contribution in [2.75, 3.05) is 0 Å². The minimum Gasteiger partial charge on any atom is -0.307 e. The van der Waals surface area contributed by atoms with Crippen LogP contribution in [0.25, 0.3) is 144 Å². The van der Waals surface area contributed by atoms with E-state index < -0.39 is 0 Å². The molecule has 0 saturated carbocycles. The van der Waals surface area contributed by atoms with Crippen molar-refractivity contribution in [2.24, 2.45) is 0 Å². The van der Waals surface area contributed by atoms with Crippen LogP contribution in [0.3, 0.4) is 0 Å². The van der Waals surface area contributed by atoms with Crippen LogP contribution in [0.15, 0.2) is 261 Å². The zero-order valence-corrected chi connectivity index (χ0v) is 42.0. The Morgan fingerprint density at radius 2 is 0.551 bits per heavy atom. The first-order valence-electron chi connectivity index (χ1n) is 26.3. The number of nitriles is 1. The molecule has 16 aromatic rings. The molecule has 5 aromatic heterocycles. The smallest absolute Gasteiger partial charge is 0.160 e. The van der Waals surface area contributed by atoms with Crippen LogP contribution in [0.1, 0.15) is 5.56 Å². The van der Waals surface area contributed by atoms with E-state index in [1.54, 1.807) is 0 Å². The van der Waals surface area contributed by atoms with Crippen molar-refractivity contribution in [3.63, 3.8) is 0 Å². The van der Waals surface area contributed by atoms with Crippen LogP contribution in [0.4, 0.5) is 0 Å². The minimum absolute atomic E-state index is 0.477. The number of hydrogen-bond donors (Lipinski definition) is 0. The van der Waals surface area contributed by atoms with Gasteiger partial charge < -0.3 is 18.3 Å². The first kappa shape index (κ1) is 43.6. The number of rotatable bonds is 7. The van der Waals surface area contributed by atoms with E-state index in [-0.39, 0.29) is 0 Å². The van der Waals surface area contributed by atoms with E-state index in [0.717, 1.165) is 127 Å². The summed E-state index contributed by atoms with van der Waals surface area (Å²) in [6.07, 6.45) is 0. The average Bonchev–Trinajstić information content (AvgIpc) is 4.34. The lowest BCUT2D eigenvalue weighted by Crippen LogP contribution is -2.17. The van der Waals surface area contributed by atoms with E-state index in [4.69, 9.17) is 9.97 Å². The number of aromatic nitrogens is 6. The molecule has 11 aromatic carbocycles. The van der Waals surface area contributed by atoms with Crippen LogP contribution in [0, 0.1) is 11.3 Å². The highest BCUT2D eigenvalue weighted by Crippen LogP contribution is 2.52. The van der Waals surface area contributed by atoms with Gasteiger partial charge in [0, 0.05) is 54.2 Å². The fourth-order valence-corrected chi connectivity index (χ4v) is 12.6. The van der Waals surface area contributed by atoms with Crippen molar-refractivity contribution >= 4 is 87.2 Å². The van der Waals surface area contributed by atoms with Gasteiger partial charge in [-0.15, -0.1) is 0 Å². The number of hydrogen-bond acceptors (Lipinski definition) is 3. The molecule has 78 heavy (non-hydrogen) atoms. The zero-order chi connectivity index (χ0) is 51.4. The van der Waals surface area contributed by atoms with Gasteiger partial charge in [-0.3, -0.25) is 0 Å². The van der Waals surface area contributed by atoms with E-state index in [2.05, 4.69) is 261 Å². The molecule has 0 bridgehead atoms. The Balaban J connectivity index is 1.27.